The minimum atomic E-state index is 0. The quantitative estimate of drug-likeness (QED) is 0.873. The summed E-state index contributed by atoms with van der Waals surface area (Å²) in [5, 5.41) is 3.37. The molecule has 1 aliphatic heterocycles. The first kappa shape index (κ1) is 17.4. The van der Waals surface area contributed by atoms with Gasteiger partial charge in [0.05, 0.1) is 7.11 Å². The number of anilines is 1. The van der Waals surface area contributed by atoms with E-state index in [-0.39, 0.29) is 12.4 Å². The lowest BCUT2D eigenvalue weighted by Gasteiger charge is -2.14. The van der Waals surface area contributed by atoms with E-state index in [0.717, 1.165) is 36.7 Å². The monoisotopic (exact) mass is 335 g/mol. The summed E-state index contributed by atoms with van der Waals surface area (Å²) in [6.45, 7) is 3.56. The van der Waals surface area contributed by atoms with Gasteiger partial charge in [-0.05, 0) is 18.9 Å². The van der Waals surface area contributed by atoms with Gasteiger partial charge in [-0.3, -0.25) is 0 Å². The van der Waals surface area contributed by atoms with Crippen LogP contribution in [0.1, 0.15) is 24.0 Å². The van der Waals surface area contributed by atoms with Crippen LogP contribution in [0.3, 0.4) is 0 Å². The molecule has 0 unspecified atom stereocenters. The minimum absolute atomic E-state index is 0. The van der Waals surface area contributed by atoms with Crippen molar-refractivity contribution in [2.75, 3.05) is 25.1 Å². The van der Waals surface area contributed by atoms with Crippen LogP contribution in [0.25, 0.3) is 0 Å². The molecule has 2 aromatic heterocycles. The molecule has 0 aromatic carbocycles. The molecule has 0 aliphatic carbocycles. The SMILES string of the molecule is COc1ncccc1CNCc1cnc(N2CCCC2)nc1.Cl. The summed E-state index contributed by atoms with van der Waals surface area (Å²) < 4.78 is 5.24. The van der Waals surface area contributed by atoms with Crippen molar-refractivity contribution in [1.82, 2.24) is 20.3 Å². The van der Waals surface area contributed by atoms with Crippen molar-refractivity contribution < 1.29 is 4.74 Å². The summed E-state index contributed by atoms with van der Waals surface area (Å²) in [5.41, 5.74) is 2.12. The van der Waals surface area contributed by atoms with Crippen LogP contribution in [-0.4, -0.2) is 35.2 Å². The lowest BCUT2D eigenvalue weighted by molar-refractivity contribution is 0.390. The molecule has 3 heterocycles. The van der Waals surface area contributed by atoms with Crippen LogP contribution in [0.15, 0.2) is 30.7 Å². The number of nitrogens with one attached hydrogen (secondary N) is 1. The first-order valence-corrected chi connectivity index (χ1v) is 7.61. The molecule has 1 fully saturated rings. The molecule has 23 heavy (non-hydrogen) atoms. The lowest BCUT2D eigenvalue weighted by Crippen LogP contribution is -2.21. The molecule has 0 saturated carbocycles. The molecule has 7 heteroatoms. The maximum absolute atomic E-state index is 5.24. The Morgan fingerprint density at radius 1 is 1.13 bits per heavy atom. The van der Waals surface area contributed by atoms with E-state index in [1.54, 1.807) is 13.3 Å². The summed E-state index contributed by atoms with van der Waals surface area (Å²) in [5.74, 6) is 1.51. The number of hydrogen-bond donors (Lipinski definition) is 1. The van der Waals surface area contributed by atoms with Crippen LogP contribution in [-0.2, 0) is 13.1 Å². The van der Waals surface area contributed by atoms with E-state index in [1.807, 2.05) is 24.5 Å². The summed E-state index contributed by atoms with van der Waals surface area (Å²) >= 11 is 0. The third-order valence-corrected chi connectivity index (χ3v) is 3.77. The number of nitrogens with zero attached hydrogens (tertiary/aromatic N) is 4. The molecule has 124 valence electrons. The maximum Gasteiger partial charge on any atom is 0.225 e. The Bertz CT molecular complexity index is 602. The molecule has 0 radical (unpaired) electrons. The van der Waals surface area contributed by atoms with Crippen molar-refractivity contribution in [3.63, 3.8) is 0 Å². The Kier molecular flexibility index (Phi) is 6.55. The topological polar surface area (TPSA) is 63.2 Å². The Balaban J connectivity index is 0.00000192. The van der Waals surface area contributed by atoms with E-state index in [4.69, 9.17) is 4.74 Å². The Hall–Kier alpha value is -1.92. The standard InChI is InChI=1S/C16H21N5O.ClH/c1-22-15-14(5-4-6-18-15)12-17-9-13-10-19-16(20-11-13)21-7-2-3-8-21;/h4-6,10-11,17H,2-3,7-9,12H2,1H3;1H. The van der Waals surface area contributed by atoms with Crippen LogP contribution >= 0.6 is 12.4 Å². The van der Waals surface area contributed by atoms with Crippen molar-refractivity contribution in [2.24, 2.45) is 0 Å². The molecule has 3 rings (SSSR count). The molecule has 0 amide bonds. The largest absolute Gasteiger partial charge is 0.481 e. The number of methoxy groups -OCH3 is 1. The van der Waals surface area contributed by atoms with Gasteiger partial charge in [0, 0.05) is 55.9 Å². The highest BCUT2D eigenvalue weighted by Crippen LogP contribution is 2.15. The summed E-state index contributed by atoms with van der Waals surface area (Å²) in [6, 6.07) is 3.92. The van der Waals surface area contributed by atoms with E-state index in [9.17, 15) is 0 Å². The molecule has 0 spiro atoms. The Morgan fingerprint density at radius 2 is 1.87 bits per heavy atom. The number of rotatable bonds is 6. The highest BCUT2D eigenvalue weighted by molar-refractivity contribution is 5.85. The van der Waals surface area contributed by atoms with Crippen LogP contribution in [0.2, 0.25) is 0 Å². The number of pyridine rings is 1. The average Bonchev–Trinajstić information content (AvgIpc) is 3.10. The van der Waals surface area contributed by atoms with Gasteiger partial charge in [-0.25, -0.2) is 15.0 Å². The van der Waals surface area contributed by atoms with E-state index < -0.39 is 0 Å². The summed E-state index contributed by atoms with van der Waals surface area (Å²) in [4.78, 5) is 15.3. The highest BCUT2D eigenvalue weighted by Gasteiger charge is 2.14. The predicted octanol–water partition coefficient (Wildman–Crippen LogP) is 2.19. The van der Waals surface area contributed by atoms with Crippen LogP contribution in [0, 0.1) is 0 Å². The molecular weight excluding hydrogens is 314 g/mol. The van der Waals surface area contributed by atoms with Crippen LogP contribution in [0.4, 0.5) is 5.95 Å². The van der Waals surface area contributed by atoms with Crippen molar-refractivity contribution in [1.29, 1.82) is 0 Å². The molecule has 2 aromatic rings. The molecule has 1 aliphatic rings. The van der Waals surface area contributed by atoms with Crippen molar-refractivity contribution in [3.05, 3.63) is 41.9 Å². The fraction of sp³-hybridized carbons (Fsp3) is 0.438. The fourth-order valence-corrected chi connectivity index (χ4v) is 2.60. The summed E-state index contributed by atoms with van der Waals surface area (Å²) in [6.07, 6.45) is 7.99. The number of ether oxygens (including phenoxy) is 1. The third-order valence-electron chi connectivity index (χ3n) is 3.77. The van der Waals surface area contributed by atoms with Gasteiger partial charge in [0.25, 0.3) is 0 Å². The van der Waals surface area contributed by atoms with Gasteiger partial charge >= 0.3 is 0 Å². The minimum Gasteiger partial charge on any atom is -0.481 e. The first-order chi connectivity index (χ1) is 10.9. The van der Waals surface area contributed by atoms with Crippen LogP contribution < -0.4 is 15.0 Å². The van der Waals surface area contributed by atoms with Gasteiger partial charge in [0.2, 0.25) is 11.8 Å². The first-order valence-electron chi connectivity index (χ1n) is 7.61. The number of hydrogen-bond acceptors (Lipinski definition) is 6. The van der Waals surface area contributed by atoms with E-state index >= 15 is 0 Å². The zero-order valence-corrected chi connectivity index (χ0v) is 14.1. The van der Waals surface area contributed by atoms with Crippen molar-refractivity contribution in [2.45, 2.75) is 25.9 Å². The molecule has 1 saturated heterocycles. The van der Waals surface area contributed by atoms with E-state index in [2.05, 4.69) is 25.2 Å². The lowest BCUT2D eigenvalue weighted by atomic mass is 10.2. The molecule has 1 N–H and O–H groups in total. The summed E-state index contributed by atoms with van der Waals surface area (Å²) in [7, 11) is 1.64. The molecule has 6 nitrogen and oxygen atoms in total. The zero-order chi connectivity index (χ0) is 15.2. The molecule has 0 bridgehead atoms. The number of halogens is 1. The van der Waals surface area contributed by atoms with E-state index in [1.165, 1.54) is 12.8 Å². The second-order valence-corrected chi connectivity index (χ2v) is 5.36. The molecule has 0 atom stereocenters. The Labute approximate surface area is 142 Å². The van der Waals surface area contributed by atoms with Gasteiger partial charge in [-0.15, -0.1) is 12.4 Å². The second kappa shape index (κ2) is 8.64. The predicted molar refractivity (Wildman–Crippen MR) is 92.1 cm³/mol. The maximum atomic E-state index is 5.24. The normalized spacial score (nSPS) is 13.7. The third kappa shape index (κ3) is 4.53. The Morgan fingerprint density at radius 3 is 2.57 bits per heavy atom. The van der Waals surface area contributed by atoms with Gasteiger partial charge in [0.15, 0.2) is 0 Å². The van der Waals surface area contributed by atoms with Gasteiger partial charge in [0.1, 0.15) is 0 Å². The van der Waals surface area contributed by atoms with Crippen molar-refractivity contribution in [3.8, 4) is 5.88 Å². The van der Waals surface area contributed by atoms with Crippen molar-refractivity contribution >= 4 is 18.4 Å². The zero-order valence-electron chi connectivity index (χ0n) is 13.2. The van der Waals surface area contributed by atoms with Gasteiger partial charge < -0.3 is 15.0 Å². The van der Waals surface area contributed by atoms with Gasteiger partial charge in [-0.1, -0.05) is 6.07 Å². The van der Waals surface area contributed by atoms with E-state index in [0.29, 0.717) is 12.4 Å². The number of aromatic nitrogens is 3. The fourth-order valence-electron chi connectivity index (χ4n) is 2.60. The van der Waals surface area contributed by atoms with Crippen LogP contribution in [0.5, 0.6) is 5.88 Å². The highest BCUT2D eigenvalue weighted by atomic mass is 35.5. The smallest absolute Gasteiger partial charge is 0.225 e. The van der Waals surface area contributed by atoms with Gasteiger partial charge in [-0.2, -0.15) is 0 Å². The average molecular weight is 336 g/mol. The second-order valence-electron chi connectivity index (χ2n) is 5.36. The molecular formula is C16H22ClN5O.